The van der Waals surface area contributed by atoms with Crippen LogP contribution in [0.2, 0.25) is 0 Å². The van der Waals surface area contributed by atoms with E-state index in [2.05, 4.69) is 27.7 Å². The Balaban J connectivity index is 1.77. The Bertz CT molecular complexity index is 413. The molecule has 4 nitrogen and oxygen atoms in total. The summed E-state index contributed by atoms with van der Waals surface area (Å²) in [6, 6.07) is 8.17. The van der Waals surface area contributed by atoms with Gasteiger partial charge in [0.2, 0.25) is 0 Å². The zero-order valence-corrected chi connectivity index (χ0v) is 12.3. The number of hydrogen-bond acceptors (Lipinski definition) is 3. The highest BCUT2D eigenvalue weighted by Gasteiger charge is 2.15. The molecule has 0 bridgehead atoms. The molecule has 5 heteroatoms. The van der Waals surface area contributed by atoms with Crippen molar-refractivity contribution < 1.29 is 4.74 Å². The Kier molecular flexibility index (Phi) is 4.99. The van der Waals surface area contributed by atoms with E-state index >= 15 is 0 Å². The molecular weight excluding hydrogens is 258 g/mol. The van der Waals surface area contributed by atoms with Gasteiger partial charge in [-0.3, -0.25) is 0 Å². The molecule has 2 N–H and O–H groups in total. The maximum absolute atomic E-state index is 5.54. The quantitative estimate of drug-likeness (QED) is 0.827. The highest BCUT2D eigenvalue weighted by atomic mass is 32.1. The van der Waals surface area contributed by atoms with Crippen molar-refractivity contribution in [2.24, 2.45) is 0 Å². The Labute approximate surface area is 120 Å². The Morgan fingerprint density at radius 1 is 1.37 bits per heavy atom. The van der Waals surface area contributed by atoms with Gasteiger partial charge in [-0.2, -0.15) is 0 Å². The van der Waals surface area contributed by atoms with E-state index in [0.29, 0.717) is 11.2 Å². The van der Waals surface area contributed by atoms with Gasteiger partial charge >= 0.3 is 0 Å². The molecule has 1 aromatic carbocycles. The van der Waals surface area contributed by atoms with Gasteiger partial charge in [-0.1, -0.05) is 0 Å². The Morgan fingerprint density at radius 3 is 2.68 bits per heavy atom. The van der Waals surface area contributed by atoms with Crippen LogP contribution in [0.4, 0.5) is 11.4 Å². The van der Waals surface area contributed by atoms with Gasteiger partial charge in [0.15, 0.2) is 5.11 Å². The van der Waals surface area contributed by atoms with E-state index in [-0.39, 0.29) is 0 Å². The standard InChI is InChI=1S/C14H21N3OS/c1-17(2)12-7-5-11(6-8-12)16-14(19)15-10-13-4-3-9-18-13/h5-8,13H,3-4,9-10H2,1-2H3,(H2,15,16,19)/t13-/m1/s1. The van der Waals surface area contributed by atoms with Gasteiger partial charge in [0.1, 0.15) is 0 Å². The molecule has 0 aromatic heterocycles. The molecule has 1 heterocycles. The van der Waals surface area contributed by atoms with Crippen LogP contribution in [-0.2, 0) is 4.74 Å². The fourth-order valence-corrected chi connectivity index (χ4v) is 2.23. The molecule has 0 spiro atoms. The van der Waals surface area contributed by atoms with E-state index in [1.807, 2.05) is 26.2 Å². The number of nitrogens with zero attached hydrogens (tertiary/aromatic N) is 1. The van der Waals surface area contributed by atoms with Crippen LogP contribution in [0.3, 0.4) is 0 Å². The van der Waals surface area contributed by atoms with E-state index in [1.165, 1.54) is 5.69 Å². The monoisotopic (exact) mass is 279 g/mol. The lowest BCUT2D eigenvalue weighted by Gasteiger charge is -2.15. The second kappa shape index (κ2) is 6.73. The van der Waals surface area contributed by atoms with Crippen LogP contribution in [0, 0.1) is 0 Å². The molecule has 19 heavy (non-hydrogen) atoms. The molecule has 1 aliphatic heterocycles. The summed E-state index contributed by atoms with van der Waals surface area (Å²) in [6.45, 7) is 1.65. The van der Waals surface area contributed by atoms with Gasteiger partial charge in [-0.05, 0) is 49.3 Å². The molecule has 104 valence electrons. The summed E-state index contributed by atoms with van der Waals surface area (Å²) >= 11 is 5.27. The highest BCUT2D eigenvalue weighted by Crippen LogP contribution is 2.15. The molecule has 1 atom stereocenters. The minimum Gasteiger partial charge on any atom is -0.378 e. The van der Waals surface area contributed by atoms with Crippen molar-refractivity contribution in [3.8, 4) is 0 Å². The van der Waals surface area contributed by atoms with Gasteiger partial charge in [0.05, 0.1) is 6.10 Å². The molecule has 1 saturated heterocycles. The number of ether oxygens (including phenoxy) is 1. The van der Waals surface area contributed by atoms with Crippen LogP contribution in [-0.4, -0.2) is 38.5 Å². The minimum atomic E-state index is 0.302. The average Bonchev–Trinajstić information content (AvgIpc) is 2.90. The van der Waals surface area contributed by atoms with E-state index in [9.17, 15) is 0 Å². The molecule has 0 unspecified atom stereocenters. The largest absolute Gasteiger partial charge is 0.378 e. The summed E-state index contributed by atoms with van der Waals surface area (Å²) in [7, 11) is 4.05. The van der Waals surface area contributed by atoms with E-state index in [0.717, 1.165) is 31.7 Å². The van der Waals surface area contributed by atoms with Crippen LogP contribution in [0.5, 0.6) is 0 Å². The van der Waals surface area contributed by atoms with E-state index in [1.54, 1.807) is 0 Å². The van der Waals surface area contributed by atoms with Crippen LogP contribution in [0.25, 0.3) is 0 Å². The van der Waals surface area contributed by atoms with Crippen molar-refractivity contribution in [2.75, 3.05) is 37.5 Å². The first-order valence-corrected chi connectivity index (χ1v) is 7.00. The maximum Gasteiger partial charge on any atom is 0.170 e. The van der Waals surface area contributed by atoms with Crippen molar-refractivity contribution in [1.82, 2.24) is 5.32 Å². The number of nitrogens with one attached hydrogen (secondary N) is 2. The second-order valence-corrected chi connectivity index (χ2v) is 5.32. The van der Waals surface area contributed by atoms with Crippen LogP contribution in [0.15, 0.2) is 24.3 Å². The predicted molar refractivity (Wildman–Crippen MR) is 84.0 cm³/mol. The van der Waals surface area contributed by atoms with Gasteiger partial charge in [0.25, 0.3) is 0 Å². The first kappa shape index (κ1) is 14.1. The molecule has 0 radical (unpaired) electrons. The second-order valence-electron chi connectivity index (χ2n) is 4.91. The Hall–Kier alpha value is -1.33. The average molecular weight is 279 g/mol. The summed E-state index contributed by atoms with van der Waals surface area (Å²) < 4.78 is 5.54. The van der Waals surface area contributed by atoms with Gasteiger partial charge in [0, 0.05) is 38.6 Å². The van der Waals surface area contributed by atoms with Crippen molar-refractivity contribution in [1.29, 1.82) is 0 Å². The SMILES string of the molecule is CN(C)c1ccc(NC(=S)NC[C@H]2CCCO2)cc1. The summed E-state index contributed by atoms with van der Waals surface area (Å²) in [5, 5.41) is 7.02. The van der Waals surface area contributed by atoms with Gasteiger partial charge in [-0.25, -0.2) is 0 Å². The smallest absolute Gasteiger partial charge is 0.170 e. The zero-order chi connectivity index (χ0) is 13.7. The lowest BCUT2D eigenvalue weighted by atomic mass is 10.2. The summed E-state index contributed by atoms with van der Waals surface area (Å²) in [4.78, 5) is 2.07. The number of hydrogen-bond donors (Lipinski definition) is 2. The van der Waals surface area contributed by atoms with Crippen molar-refractivity contribution in [2.45, 2.75) is 18.9 Å². The minimum absolute atomic E-state index is 0.302. The van der Waals surface area contributed by atoms with Gasteiger partial charge in [-0.15, -0.1) is 0 Å². The van der Waals surface area contributed by atoms with Crippen LogP contribution < -0.4 is 15.5 Å². The maximum atomic E-state index is 5.54. The zero-order valence-electron chi connectivity index (χ0n) is 11.5. The van der Waals surface area contributed by atoms with E-state index < -0.39 is 0 Å². The third-order valence-corrected chi connectivity index (χ3v) is 3.40. The van der Waals surface area contributed by atoms with E-state index in [4.69, 9.17) is 17.0 Å². The number of rotatable bonds is 4. The Morgan fingerprint density at radius 2 is 2.11 bits per heavy atom. The van der Waals surface area contributed by atoms with Crippen LogP contribution >= 0.6 is 12.2 Å². The number of thiocarbonyl (C=S) groups is 1. The third-order valence-electron chi connectivity index (χ3n) is 3.16. The van der Waals surface area contributed by atoms with Crippen molar-refractivity contribution in [3.63, 3.8) is 0 Å². The first-order valence-electron chi connectivity index (χ1n) is 6.59. The molecule has 0 aliphatic carbocycles. The normalized spacial score (nSPS) is 18.1. The molecule has 1 aliphatic rings. The molecule has 0 amide bonds. The number of benzene rings is 1. The molecule has 0 saturated carbocycles. The number of anilines is 2. The predicted octanol–water partition coefficient (Wildman–Crippen LogP) is 2.22. The first-order chi connectivity index (χ1) is 9.15. The lowest BCUT2D eigenvalue weighted by Crippen LogP contribution is -2.34. The van der Waals surface area contributed by atoms with Crippen molar-refractivity contribution in [3.05, 3.63) is 24.3 Å². The van der Waals surface area contributed by atoms with Crippen molar-refractivity contribution >= 4 is 28.7 Å². The summed E-state index contributed by atoms with van der Waals surface area (Å²) in [6.07, 6.45) is 2.57. The van der Waals surface area contributed by atoms with Gasteiger partial charge < -0.3 is 20.3 Å². The summed E-state index contributed by atoms with van der Waals surface area (Å²) in [5.41, 5.74) is 2.17. The molecule has 2 rings (SSSR count). The topological polar surface area (TPSA) is 36.5 Å². The highest BCUT2D eigenvalue weighted by molar-refractivity contribution is 7.80. The molecule has 1 fully saturated rings. The summed E-state index contributed by atoms with van der Waals surface area (Å²) in [5.74, 6) is 0. The fraction of sp³-hybridized carbons (Fsp3) is 0.500. The lowest BCUT2D eigenvalue weighted by molar-refractivity contribution is 0.114. The molecule has 1 aromatic rings. The third kappa shape index (κ3) is 4.36. The molecular formula is C14H21N3OS. The van der Waals surface area contributed by atoms with Crippen LogP contribution in [0.1, 0.15) is 12.8 Å². The fourth-order valence-electron chi connectivity index (χ4n) is 2.03.